The van der Waals surface area contributed by atoms with Crippen LogP contribution in [-0.2, 0) is 0 Å². The average Bonchev–Trinajstić information content (AvgIpc) is 2.26. The van der Waals surface area contributed by atoms with Gasteiger partial charge in [0.1, 0.15) is 0 Å². The third-order valence-corrected chi connectivity index (χ3v) is 4.08. The zero-order valence-electron chi connectivity index (χ0n) is 13.3. The topological polar surface area (TPSA) is 15.3 Å². The van der Waals surface area contributed by atoms with E-state index in [1.54, 1.807) is 0 Å². The number of hydrogen-bond acceptors (Lipinski definition) is 2. The summed E-state index contributed by atoms with van der Waals surface area (Å²) in [5.74, 6) is 0.772. The molecule has 1 N–H and O–H groups in total. The van der Waals surface area contributed by atoms with Gasteiger partial charge in [0, 0.05) is 25.7 Å². The Kier molecular flexibility index (Phi) is 6.65. The lowest BCUT2D eigenvalue weighted by molar-refractivity contribution is 0.108. The Labute approximate surface area is 115 Å². The van der Waals surface area contributed by atoms with E-state index in [-0.39, 0.29) is 0 Å². The van der Waals surface area contributed by atoms with E-state index in [9.17, 15) is 0 Å². The van der Waals surface area contributed by atoms with Crippen molar-refractivity contribution in [1.82, 2.24) is 10.2 Å². The molecule has 0 atom stereocenters. The van der Waals surface area contributed by atoms with E-state index in [2.05, 4.69) is 45.0 Å². The summed E-state index contributed by atoms with van der Waals surface area (Å²) in [4.78, 5) is 2.55. The Balaban J connectivity index is 2.53. The van der Waals surface area contributed by atoms with Crippen molar-refractivity contribution in [2.24, 2.45) is 11.3 Å². The van der Waals surface area contributed by atoms with Crippen LogP contribution in [0.3, 0.4) is 0 Å². The Morgan fingerprint density at radius 1 is 1.06 bits per heavy atom. The fraction of sp³-hybridized carbons (Fsp3) is 1.00. The number of nitrogens with zero attached hydrogens (tertiary/aromatic N) is 1. The molecular formula is C16H34N2. The fourth-order valence-electron chi connectivity index (χ4n) is 3.37. The third kappa shape index (κ3) is 5.71. The van der Waals surface area contributed by atoms with Gasteiger partial charge < -0.3 is 10.2 Å². The fourth-order valence-corrected chi connectivity index (χ4v) is 3.37. The molecule has 0 bridgehead atoms. The molecule has 0 aromatic heterocycles. The Morgan fingerprint density at radius 2 is 1.67 bits per heavy atom. The van der Waals surface area contributed by atoms with Crippen molar-refractivity contribution in [3.8, 4) is 0 Å². The highest BCUT2D eigenvalue weighted by Crippen LogP contribution is 2.36. The van der Waals surface area contributed by atoms with E-state index >= 15 is 0 Å². The first-order chi connectivity index (χ1) is 8.43. The van der Waals surface area contributed by atoms with Gasteiger partial charge in [-0.05, 0) is 31.2 Å². The molecule has 1 fully saturated rings. The maximum atomic E-state index is 3.69. The Hall–Kier alpha value is -0.0800. The normalized spacial score (nSPS) is 20.0. The molecule has 0 radical (unpaired) electrons. The highest BCUT2D eigenvalue weighted by molar-refractivity contribution is 4.88. The largest absolute Gasteiger partial charge is 0.314 e. The van der Waals surface area contributed by atoms with E-state index in [4.69, 9.17) is 0 Å². The molecule has 1 saturated carbocycles. The second-order valence-corrected chi connectivity index (χ2v) is 7.19. The smallest absolute Gasteiger partial charge is 0.00472 e. The number of rotatable bonds is 7. The van der Waals surface area contributed by atoms with Gasteiger partial charge in [-0.1, -0.05) is 47.0 Å². The first kappa shape index (κ1) is 16.0. The Bertz CT molecular complexity index is 217. The molecule has 0 saturated heterocycles. The molecule has 0 aromatic carbocycles. The first-order valence-corrected chi connectivity index (χ1v) is 7.85. The maximum Gasteiger partial charge on any atom is 0.00472 e. The van der Waals surface area contributed by atoms with Crippen molar-refractivity contribution < 1.29 is 0 Å². The maximum absolute atomic E-state index is 3.69. The lowest BCUT2D eigenvalue weighted by atomic mass is 9.73. The molecule has 0 aliphatic heterocycles. The van der Waals surface area contributed by atoms with E-state index in [1.165, 1.54) is 51.7 Å². The van der Waals surface area contributed by atoms with Gasteiger partial charge in [0.15, 0.2) is 0 Å². The van der Waals surface area contributed by atoms with Crippen LogP contribution >= 0.6 is 0 Å². The molecule has 1 aliphatic carbocycles. The molecule has 2 nitrogen and oxygen atoms in total. The summed E-state index contributed by atoms with van der Waals surface area (Å²) in [5, 5.41) is 3.69. The number of hydrogen-bond donors (Lipinski definition) is 1. The van der Waals surface area contributed by atoms with E-state index in [1.807, 2.05) is 0 Å². The lowest BCUT2D eigenvalue weighted by Gasteiger charge is -2.41. The summed E-state index contributed by atoms with van der Waals surface area (Å²) in [6.45, 7) is 12.8. The molecule has 108 valence electrons. The highest BCUT2D eigenvalue weighted by Gasteiger charge is 2.33. The predicted molar refractivity (Wildman–Crippen MR) is 81.0 cm³/mol. The summed E-state index contributed by atoms with van der Waals surface area (Å²) >= 11 is 0. The molecule has 1 aliphatic rings. The highest BCUT2D eigenvalue weighted by atomic mass is 15.1. The van der Waals surface area contributed by atoms with E-state index in [0.29, 0.717) is 11.5 Å². The molecule has 0 spiro atoms. The minimum Gasteiger partial charge on any atom is -0.314 e. The first-order valence-electron chi connectivity index (χ1n) is 7.85. The monoisotopic (exact) mass is 254 g/mol. The molecule has 0 unspecified atom stereocenters. The van der Waals surface area contributed by atoms with Crippen LogP contribution in [0.15, 0.2) is 0 Å². The minimum atomic E-state index is 0.534. The van der Waals surface area contributed by atoms with Crippen LogP contribution in [0.25, 0.3) is 0 Å². The lowest BCUT2D eigenvalue weighted by Crippen LogP contribution is -2.46. The van der Waals surface area contributed by atoms with Crippen LogP contribution in [-0.4, -0.2) is 37.6 Å². The van der Waals surface area contributed by atoms with Crippen molar-refractivity contribution in [3.63, 3.8) is 0 Å². The summed E-state index contributed by atoms with van der Waals surface area (Å²) in [5.41, 5.74) is 0.534. The van der Waals surface area contributed by atoms with Gasteiger partial charge in [-0.25, -0.2) is 0 Å². The second-order valence-electron chi connectivity index (χ2n) is 7.19. The zero-order chi connectivity index (χ0) is 13.6. The van der Waals surface area contributed by atoms with Gasteiger partial charge in [-0.15, -0.1) is 0 Å². The van der Waals surface area contributed by atoms with Crippen LogP contribution in [0.1, 0.15) is 59.8 Å². The summed E-state index contributed by atoms with van der Waals surface area (Å²) in [6.07, 6.45) is 7.12. The van der Waals surface area contributed by atoms with Crippen LogP contribution < -0.4 is 5.32 Å². The van der Waals surface area contributed by atoms with Crippen molar-refractivity contribution in [2.45, 2.75) is 65.8 Å². The van der Waals surface area contributed by atoms with Gasteiger partial charge in [-0.3, -0.25) is 0 Å². The molecule has 0 heterocycles. The molecule has 1 rings (SSSR count). The van der Waals surface area contributed by atoms with Gasteiger partial charge in [0.2, 0.25) is 0 Å². The third-order valence-electron chi connectivity index (χ3n) is 4.08. The van der Waals surface area contributed by atoms with Crippen molar-refractivity contribution >= 4 is 0 Å². The van der Waals surface area contributed by atoms with Gasteiger partial charge in [0.25, 0.3) is 0 Å². The molecule has 18 heavy (non-hydrogen) atoms. The summed E-state index contributed by atoms with van der Waals surface area (Å²) < 4.78 is 0. The summed E-state index contributed by atoms with van der Waals surface area (Å²) in [7, 11) is 2.30. The standard InChI is InChI=1S/C16H34N2/c1-14(2)11-18(5)13-16(12-17-15(3)4)9-7-6-8-10-16/h14-15,17H,6-13H2,1-5H3. The van der Waals surface area contributed by atoms with Crippen molar-refractivity contribution in [1.29, 1.82) is 0 Å². The molecule has 0 amide bonds. The van der Waals surface area contributed by atoms with Crippen molar-refractivity contribution in [3.05, 3.63) is 0 Å². The van der Waals surface area contributed by atoms with Crippen LogP contribution in [0.2, 0.25) is 0 Å². The van der Waals surface area contributed by atoms with Gasteiger partial charge >= 0.3 is 0 Å². The molecule has 0 aromatic rings. The van der Waals surface area contributed by atoms with Crippen LogP contribution in [0.4, 0.5) is 0 Å². The second kappa shape index (κ2) is 7.49. The average molecular weight is 254 g/mol. The number of nitrogens with one attached hydrogen (secondary N) is 1. The SMILES string of the molecule is CC(C)CN(C)CC1(CNC(C)C)CCCCC1. The van der Waals surface area contributed by atoms with Crippen LogP contribution in [0.5, 0.6) is 0 Å². The minimum absolute atomic E-state index is 0.534. The summed E-state index contributed by atoms with van der Waals surface area (Å²) in [6, 6.07) is 0.610. The van der Waals surface area contributed by atoms with Crippen molar-refractivity contribution in [2.75, 3.05) is 26.7 Å². The predicted octanol–water partition coefficient (Wildman–Crippen LogP) is 3.52. The zero-order valence-corrected chi connectivity index (χ0v) is 13.3. The van der Waals surface area contributed by atoms with E-state index in [0.717, 1.165) is 5.92 Å². The van der Waals surface area contributed by atoms with Crippen LogP contribution in [0, 0.1) is 11.3 Å². The Morgan fingerprint density at radius 3 is 2.17 bits per heavy atom. The molecular weight excluding hydrogens is 220 g/mol. The van der Waals surface area contributed by atoms with Gasteiger partial charge in [0.05, 0.1) is 0 Å². The van der Waals surface area contributed by atoms with E-state index < -0.39 is 0 Å². The molecule has 2 heteroatoms. The quantitative estimate of drug-likeness (QED) is 0.748. The van der Waals surface area contributed by atoms with Gasteiger partial charge in [-0.2, -0.15) is 0 Å².